The van der Waals surface area contributed by atoms with Crippen LogP contribution in [0.1, 0.15) is 0 Å². The van der Waals surface area contributed by atoms with Gasteiger partial charge in [-0.15, -0.1) is 5.10 Å². The third kappa shape index (κ3) is 0.756. The number of aromatic hydroxyl groups is 1. The van der Waals surface area contributed by atoms with Gasteiger partial charge in [0.1, 0.15) is 0 Å². The molecule has 4 nitrogen and oxygen atoms in total. The van der Waals surface area contributed by atoms with E-state index in [0.717, 1.165) is 5.52 Å². The number of rotatable bonds is 0. The second-order valence-corrected chi connectivity index (χ2v) is 2.34. The average Bonchev–Trinajstić information content (AvgIpc) is 2.30. The van der Waals surface area contributed by atoms with Crippen LogP contribution in [0.2, 0.25) is 0 Å². The zero-order valence-electron chi connectivity index (χ0n) is 6.02. The molecule has 0 unspecified atom stereocenters. The molecule has 2 aromatic heterocycles. The van der Waals surface area contributed by atoms with Gasteiger partial charge in [0.05, 0.1) is 10.9 Å². The topological polar surface area (TPSA) is 50.9 Å². The summed E-state index contributed by atoms with van der Waals surface area (Å²) in [7, 11) is 1.78. The molecule has 0 aliphatic rings. The van der Waals surface area contributed by atoms with Crippen LogP contribution < -0.4 is 0 Å². The standard InChI is InChI=1S/C7H7N3O/c1-10-6-2-3-8-4-5(6)7(11)9-10/h2-4H,1H3,(H,9,11). The molecule has 0 amide bonds. The van der Waals surface area contributed by atoms with E-state index in [1.54, 1.807) is 24.1 Å². The Hall–Kier alpha value is -1.58. The first-order chi connectivity index (χ1) is 5.29. The first kappa shape index (κ1) is 6.15. The van der Waals surface area contributed by atoms with Gasteiger partial charge >= 0.3 is 0 Å². The second kappa shape index (κ2) is 1.95. The van der Waals surface area contributed by atoms with Crippen molar-refractivity contribution in [3.8, 4) is 5.88 Å². The first-order valence-corrected chi connectivity index (χ1v) is 3.25. The van der Waals surface area contributed by atoms with E-state index in [9.17, 15) is 5.11 Å². The Morgan fingerprint density at radius 2 is 2.36 bits per heavy atom. The van der Waals surface area contributed by atoms with Gasteiger partial charge in [0, 0.05) is 19.4 Å². The van der Waals surface area contributed by atoms with Crippen LogP contribution in [-0.2, 0) is 7.05 Å². The fourth-order valence-corrected chi connectivity index (χ4v) is 1.09. The molecule has 56 valence electrons. The van der Waals surface area contributed by atoms with Crippen molar-refractivity contribution >= 4 is 10.9 Å². The maximum Gasteiger partial charge on any atom is 0.239 e. The fraction of sp³-hybridized carbons (Fsp3) is 0.143. The minimum atomic E-state index is 0.0376. The largest absolute Gasteiger partial charge is 0.492 e. The molecular formula is C7H7N3O. The van der Waals surface area contributed by atoms with Crippen LogP contribution in [0.3, 0.4) is 0 Å². The van der Waals surface area contributed by atoms with Crippen molar-refractivity contribution < 1.29 is 5.11 Å². The smallest absolute Gasteiger partial charge is 0.239 e. The number of pyridine rings is 1. The lowest BCUT2D eigenvalue weighted by Crippen LogP contribution is -1.88. The molecule has 0 spiro atoms. The first-order valence-electron chi connectivity index (χ1n) is 3.25. The predicted molar refractivity (Wildman–Crippen MR) is 40.2 cm³/mol. The molecule has 4 heteroatoms. The summed E-state index contributed by atoms with van der Waals surface area (Å²) in [5.74, 6) is 0.0376. The number of aryl methyl sites for hydroxylation is 1. The number of aromatic nitrogens is 3. The maximum absolute atomic E-state index is 9.22. The lowest BCUT2D eigenvalue weighted by atomic mass is 10.3. The Morgan fingerprint density at radius 3 is 3.09 bits per heavy atom. The second-order valence-electron chi connectivity index (χ2n) is 2.34. The lowest BCUT2D eigenvalue weighted by molar-refractivity contribution is 0.449. The van der Waals surface area contributed by atoms with Crippen molar-refractivity contribution in [2.75, 3.05) is 0 Å². The molecule has 0 saturated carbocycles. The minimum absolute atomic E-state index is 0.0376. The monoisotopic (exact) mass is 149 g/mol. The summed E-state index contributed by atoms with van der Waals surface area (Å²) in [5, 5.41) is 13.7. The molecule has 0 saturated heterocycles. The molecule has 0 atom stereocenters. The molecule has 0 radical (unpaired) electrons. The summed E-state index contributed by atoms with van der Waals surface area (Å²) in [6, 6.07) is 1.81. The van der Waals surface area contributed by atoms with Gasteiger partial charge in [-0.05, 0) is 6.07 Å². The molecule has 1 N–H and O–H groups in total. The van der Waals surface area contributed by atoms with Crippen molar-refractivity contribution in [3.05, 3.63) is 18.5 Å². The Bertz CT molecular complexity index is 357. The molecule has 0 bridgehead atoms. The molecule has 0 aliphatic carbocycles. The van der Waals surface area contributed by atoms with Crippen LogP contribution in [0.5, 0.6) is 5.88 Å². The molecule has 2 rings (SSSR count). The predicted octanol–water partition coefficient (Wildman–Crippen LogP) is 0.674. The summed E-state index contributed by atoms with van der Waals surface area (Å²) in [6.07, 6.45) is 3.26. The van der Waals surface area contributed by atoms with Gasteiger partial charge in [-0.2, -0.15) is 0 Å². The van der Waals surface area contributed by atoms with Crippen LogP contribution in [0, 0.1) is 0 Å². The van der Waals surface area contributed by atoms with Gasteiger partial charge in [0.15, 0.2) is 0 Å². The van der Waals surface area contributed by atoms with Gasteiger partial charge < -0.3 is 5.11 Å². The Labute approximate surface area is 63.1 Å². The molecule has 0 aromatic carbocycles. The third-order valence-electron chi connectivity index (χ3n) is 1.63. The third-order valence-corrected chi connectivity index (χ3v) is 1.63. The summed E-state index contributed by atoms with van der Waals surface area (Å²) in [6.45, 7) is 0. The molecule has 0 fully saturated rings. The van der Waals surface area contributed by atoms with Crippen molar-refractivity contribution in [2.45, 2.75) is 0 Å². The number of fused-ring (bicyclic) bond motifs is 1. The summed E-state index contributed by atoms with van der Waals surface area (Å²) >= 11 is 0. The van der Waals surface area contributed by atoms with Gasteiger partial charge in [-0.25, -0.2) is 0 Å². The van der Waals surface area contributed by atoms with Gasteiger partial charge in [0.25, 0.3) is 0 Å². The van der Waals surface area contributed by atoms with E-state index in [1.807, 2.05) is 6.07 Å². The SMILES string of the molecule is Cn1nc(O)c2cnccc21. The number of hydrogen-bond acceptors (Lipinski definition) is 3. The van der Waals surface area contributed by atoms with E-state index >= 15 is 0 Å². The van der Waals surface area contributed by atoms with E-state index in [0.29, 0.717) is 5.39 Å². The maximum atomic E-state index is 9.22. The zero-order chi connectivity index (χ0) is 7.84. The fourth-order valence-electron chi connectivity index (χ4n) is 1.09. The molecule has 2 heterocycles. The van der Waals surface area contributed by atoms with Crippen LogP contribution in [0.25, 0.3) is 10.9 Å². The molecule has 0 aliphatic heterocycles. The highest BCUT2D eigenvalue weighted by Crippen LogP contribution is 2.20. The van der Waals surface area contributed by atoms with Crippen molar-refractivity contribution in [1.82, 2.24) is 14.8 Å². The van der Waals surface area contributed by atoms with Crippen molar-refractivity contribution in [1.29, 1.82) is 0 Å². The Balaban J connectivity index is 2.95. The van der Waals surface area contributed by atoms with Crippen molar-refractivity contribution in [2.24, 2.45) is 7.05 Å². The summed E-state index contributed by atoms with van der Waals surface area (Å²) in [4.78, 5) is 3.87. The highest BCUT2D eigenvalue weighted by molar-refractivity contribution is 5.82. The van der Waals surface area contributed by atoms with Crippen LogP contribution in [0.4, 0.5) is 0 Å². The van der Waals surface area contributed by atoms with E-state index in [4.69, 9.17) is 0 Å². The van der Waals surface area contributed by atoms with E-state index in [-0.39, 0.29) is 5.88 Å². The van der Waals surface area contributed by atoms with Crippen LogP contribution in [-0.4, -0.2) is 19.9 Å². The van der Waals surface area contributed by atoms with Gasteiger partial charge in [0.2, 0.25) is 5.88 Å². The number of hydrogen-bond donors (Lipinski definition) is 1. The van der Waals surface area contributed by atoms with Crippen molar-refractivity contribution in [3.63, 3.8) is 0 Å². The molecule has 11 heavy (non-hydrogen) atoms. The summed E-state index contributed by atoms with van der Waals surface area (Å²) in [5.41, 5.74) is 0.887. The summed E-state index contributed by atoms with van der Waals surface area (Å²) < 4.78 is 1.62. The Morgan fingerprint density at radius 1 is 1.55 bits per heavy atom. The van der Waals surface area contributed by atoms with Gasteiger partial charge in [-0.3, -0.25) is 9.67 Å². The minimum Gasteiger partial charge on any atom is -0.492 e. The molecular weight excluding hydrogens is 142 g/mol. The average molecular weight is 149 g/mol. The quantitative estimate of drug-likeness (QED) is 0.599. The van der Waals surface area contributed by atoms with E-state index < -0.39 is 0 Å². The zero-order valence-corrected chi connectivity index (χ0v) is 6.02. The van der Waals surface area contributed by atoms with Crippen LogP contribution in [0.15, 0.2) is 18.5 Å². The van der Waals surface area contributed by atoms with Gasteiger partial charge in [-0.1, -0.05) is 0 Å². The van der Waals surface area contributed by atoms with E-state index in [1.165, 1.54) is 0 Å². The number of nitrogens with zero attached hydrogens (tertiary/aromatic N) is 3. The van der Waals surface area contributed by atoms with Crippen LogP contribution >= 0.6 is 0 Å². The normalized spacial score (nSPS) is 10.6. The lowest BCUT2D eigenvalue weighted by Gasteiger charge is -1.88. The highest BCUT2D eigenvalue weighted by atomic mass is 16.3. The van der Waals surface area contributed by atoms with E-state index in [2.05, 4.69) is 10.1 Å². The highest BCUT2D eigenvalue weighted by Gasteiger charge is 2.04. The molecule has 2 aromatic rings. The Kier molecular flexibility index (Phi) is 1.09.